The van der Waals surface area contributed by atoms with E-state index in [0.29, 0.717) is 24.4 Å². The van der Waals surface area contributed by atoms with Gasteiger partial charge in [-0.2, -0.15) is 5.26 Å². The molecule has 0 amide bonds. The summed E-state index contributed by atoms with van der Waals surface area (Å²) in [6, 6.07) is 15.9. The predicted molar refractivity (Wildman–Crippen MR) is 139 cm³/mol. The van der Waals surface area contributed by atoms with Gasteiger partial charge in [0.2, 0.25) is 5.88 Å². The molecule has 11 nitrogen and oxygen atoms in total. The second kappa shape index (κ2) is 10.1. The Morgan fingerprint density at radius 1 is 1.26 bits per heavy atom. The number of ether oxygens (including phenoxy) is 2. The normalized spacial score (nSPS) is 18.3. The highest BCUT2D eigenvalue weighted by Crippen LogP contribution is 2.50. The van der Waals surface area contributed by atoms with Gasteiger partial charge in [-0.1, -0.05) is 49.4 Å². The largest absolute Gasteiger partial charge is 0.487 e. The van der Waals surface area contributed by atoms with Crippen molar-refractivity contribution in [1.82, 2.24) is 15.0 Å². The lowest BCUT2D eigenvalue weighted by molar-refractivity contribution is -0.384. The summed E-state index contributed by atoms with van der Waals surface area (Å²) in [5.74, 6) is -0.666. The SMILES string of the molecule is CC1(C)CC(=O)C2=C(C1)OC(N)=C(C#N)C2c1cc([N+](=O)[O-])ccc1OCc1cn(Cc2ccccc2)nn1. The molecule has 2 aliphatic rings. The van der Waals surface area contributed by atoms with Crippen LogP contribution in [0.3, 0.4) is 0 Å². The van der Waals surface area contributed by atoms with Gasteiger partial charge in [-0.3, -0.25) is 14.9 Å². The zero-order valence-electron chi connectivity index (χ0n) is 21.5. The topological polar surface area (TPSA) is 159 Å². The van der Waals surface area contributed by atoms with Crippen molar-refractivity contribution in [3.8, 4) is 11.8 Å². The van der Waals surface area contributed by atoms with Crippen LogP contribution in [0, 0.1) is 26.9 Å². The third kappa shape index (κ3) is 5.22. The average molecular weight is 527 g/mol. The molecule has 198 valence electrons. The van der Waals surface area contributed by atoms with Crippen LogP contribution in [0.2, 0.25) is 0 Å². The molecule has 5 rings (SSSR count). The number of nitrogens with two attached hydrogens (primary N) is 1. The van der Waals surface area contributed by atoms with Gasteiger partial charge in [0.05, 0.1) is 23.6 Å². The van der Waals surface area contributed by atoms with Gasteiger partial charge in [0.1, 0.15) is 35.5 Å². The van der Waals surface area contributed by atoms with E-state index >= 15 is 0 Å². The first-order valence-electron chi connectivity index (χ1n) is 12.3. The summed E-state index contributed by atoms with van der Waals surface area (Å²) < 4.78 is 13.5. The van der Waals surface area contributed by atoms with Gasteiger partial charge in [-0.15, -0.1) is 5.10 Å². The Kier molecular flexibility index (Phi) is 6.62. The summed E-state index contributed by atoms with van der Waals surface area (Å²) in [4.78, 5) is 24.5. The van der Waals surface area contributed by atoms with E-state index in [1.165, 1.54) is 18.2 Å². The molecule has 1 unspecified atom stereocenters. The second-order valence-corrected chi connectivity index (χ2v) is 10.4. The van der Waals surface area contributed by atoms with Crippen LogP contribution in [0.25, 0.3) is 0 Å². The van der Waals surface area contributed by atoms with Crippen LogP contribution >= 0.6 is 0 Å². The molecule has 1 atom stereocenters. The van der Waals surface area contributed by atoms with Crippen molar-refractivity contribution < 1.29 is 19.2 Å². The molecule has 0 saturated carbocycles. The van der Waals surface area contributed by atoms with Gasteiger partial charge >= 0.3 is 0 Å². The highest BCUT2D eigenvalue weighted by Gasteiger charge is 2.44. The van der Waals surface area contributed by atoms with Crippen LogP contribution in [-0.2, 0) is 22.7 Å². The summed E-state index contributed by atoms with van der Waals surface area (Å²) in [5.41, 5.74) is 7.71. The number of carbonyl (C=O) groups is 1. The van der Waals surface area contributed by atoms with Crippen molar-refractivity contribution in [2.24, 2.45) is 11.1 Å². The van der Waals surface area contributed by atoms with Crippen molar-refractivity contribution in [3.63, 3.8) is 0 Å². The fourth-order valence-electron chi connectivity index (χ4n) is 5.01. The molecule has 2 aromatic carbocycles. The maximum Gasteiger partial charge on any atom is 0.270 e. The van der Waals surface area contributed by atoms with Crippen LogP contribution in [0.4, 0.5) is 5.69 Å². The molecule has 0 radical (unpaired) electrons. The number of hydrogen-bond acceptors (Lipinski definition) is 9. The lowest BCUT2D eigenvalue weighted by Crippen LogP contribution is -2.33. The van der Waals surface area contributed by atoms with E-state index in [1.54, 1.807) is 10.9 Å². The number of nitro benzene ring substituents is 1. The van der Waals surface area contributed by atoms with Gasteiger partial charge in [0, 0.05) is 36.1 Å². The number of carbonyl (C=O) groups excluding carboxylic acids is 1. The van der Waals surface area contributed by atoms with E-state index in [2.05, 4.69) is 10.3 Å². The fourth-order valence-corrected chi connectivity index (χ4v) is 5.01. The number of ketones is 1. The summed E-state index contributed by atoms with van der Waals surface area (Å²) in [6.07, 6.45) is 2.41. The summed E-state index contributed by atoms with van der Waals surface area (Å²) >= 11 is 0. The highest BCUT2D eigenvalue weighted by atomic mass is 16.6. The first kappa shape index (κ1) is 25.7. The van der Waals surface area contributed by atoms with Gasteiger partial charge in [-0.05, 0) is 17.0 Å². The highest BCUT2D eigenvalue weighted by molar-refractivity contribution is 6.00. The molecule has 0 saturated heterocycles. The molecule has 2 heterocycles. The summed E-state index contributed by atoms with van der Waals surface area (Å²) in [6.45, 7) is 4.43. The molecule has 0 bridgehead atoms. The Morgan fingerprint density at radius 3 is 2.74 bits per heavy atom. The molecule has 0 fully saturated rings. The zero-order valence-corrected chi connectivity index (χ0v) is 21.5. The summed E-state index contributed by atoms with van der Waals surface area (Å²) in [5, 5.41) is 30.0. The van der Waals surface area contributed by atoms with Gasteiger partial charge in [-0.25, -0.2) is 4.68 Å². The molecule has 3 aromatic rings. The number of nitriles is 1. The minimum absolute atomic E-state index is 0.000889. The number of nitro groups is 1. The van der Waals surface area contributed by atoms with Crippen LogP contribution in [0.15, 0.2) is 77.5 Å². The van der Waals surface area contributed by atoms with E-state index in [0.717, 1.165) is 5.56 Å². The number of nitrogens with zero attached hydrogens (tertiary/aromatic N) is 5. The Hall–Kier alpha value is -4.98. The van der Waals surface area contributed by atoms with Crippen LogP contribution in [-0.4, -0.2) is 25.7 Å². The van der Waals surface area contributed by atoms with Crippen molar-refractivity contribution in [2.75, 3.05) is 0 Å². The number of hydrogen-bond donors (Lipinski definition) is 1. The number of rotatable bonds is 7. The minimum atomic E-state index is -0.967. The number of Topliss-reactive ketones (excluding diaryl/α,β-unsaturated/α-hetero) is 1. The standard InChI is InChI=1S/C28H26N6O5/c1-28(2)11-22(35)26-24(12-28)39-27(30)21(13-29)25(26)20-10-19(34(36)37)8-9-23(20)38-16-18-15-33(32-31-18)14-17-6-4-3-5-7-17/h3-10,15,25H,11-12,14,16,30H2,1-2H3. The molecule has 0 spiro atoms. The van der Waals surface area contributed by atoms with Crippen LogP contribution in [0.5, 0.6) is 5.75 Å². The lowest BCUT2D eigenvalue weighted by Gasteiger charge is -2.37. The molecular weight excluding hydrogens is 500 g/mol. The Morgan fingerprint density at radius 2 is 2.03 bits per heavy atom. The Bertz CT molecular complexity index is 1560. The molecule has 39 heavy (non-hydrogen) atoms. The molecule has 1 aliphatic carbocycles. The first-order valence-corrected chi connectivity index (χ1v) is 12.3. The Balaban J connectivity index is 1.50. The van der Waals surface area contributed by atoms with E-state index in [9.17, 15) is 20.2 Å². The van der Waals surface area contributed by atoms with E-state index < -0.39 is 10.8 Å². The number of allylic oxidation sites excluding steroid dienone is 3. The number of non-ortho nitro benzene ring substituents is 1. The molecule has 11 heteroatoms. The zero-order chi connectivity index (χ0) is 27.7. The Labute approximate surface area is 224 Å². The maximum absolute atomic E-state index is 13.4. The second-order valence-electron chi connectivity index (χ2n) is 10.4. The first-order chi connectivity index (χ1) is 18.6. The average Bonchev–Trinajstić information content (AvgIpc) is 3.33. The van der Waals surface area contributed by atoms with E-state index in [4.69, 9.17) is 15.2 Å². The van der Waals surface area contributed by atoms with Gasteiger partial charge in [0.25, 0.3) is 5.69 Å². The van der Waals surface area contributed by atoms with E-state index in [-0.39, 0.29) is 58.3 Å². The lowest BCUT2D eigenvalue weighted by atomic mass is 9.70. The fraction of sp³-hybridized carbons (Fsp3) is 0.286. The number of aromatic nitrogens is 3. The van der Waals surface area contributed by atoms with Gasteiger partial charge in [0.15, 0.2) is 5.78 Å². The van der Waals surface area contributed by atoms with E-state index in [1.807, 2.05) is 50.2 Å². The molecule has 1 aliphatic heterocycles. The third-order valence-corrected chi connectivity index (χ3v) is 6.74. The quantitative estimate of drug-likeness (QED) is 0.350. The van der Waals surface area contributed by atoms with Crippen molar-refractivity contribution in [3.05, 3.63) is 104 Å². The molecule has 2 N–H and O–H groups in total. The van der Waals surface area contributed by atoms with Gasteiger partial charge < -0.3 is 15.2 Å². The summed E-state index contributed by atoms with van der Waals surface area (Å²) in [7, 11) is 0. The van der Waals surface area contributed by atoms with Crippen LogP contribution < -0.4 is 10.5 Å². The van der Waals surface area contributed by atoms with Crippen molar-refractivity contribution in [2.45, 2.75) is 45.8 Å². The maximum atomic E-state index is 13.4. The number of benzene rings is 2. The molecular formula is C28H26N6O5. The third-order valence-electron chi connectivity index (χ3n) is 6.74. The molecule has 1 aromatic heterocycles. The minimum Gasteiger partial charge on any atom is -0.487 e. The van der Waals surface area contributed by atoms with Crippen molar-refractivity contribution >= 4 is 11.5 Å². The predicted octanol–water partition coefficient (Wildman–Crippen LogP) is 4.26. The van der Waals surface area contributed by atoms with Crippen LogP contribution in [0.1, 0.15) is 49.4 Å². The monoisotopic (exact) mass is 526 g/mol. The van der Waals surface area contributed by atoms with Crippen molar-refractivity contribution in [1.29, 1.82) is 5.26 Å². The smallest absolute Gasteiger partial charge is 0.270 e.